The molecule has 180 valence electrons. The van der Waals surface area contributed by atoms with Gasteiger partial charge >= 0.3 is 6.03 Å². The number of urea groups is 1. The number of likely N-dealkylation sites (tertiary alicyclic amines) is 3. The van der Waals surface area contributed by atoms with Crippen LogP contribution in [0.5, 0.6) is 0 Å². The lowest BCUT2D eigenvalue weighted by molar-refractivity contribution is -0.120. The van der Waals surface area contributed by atoms with Gasteiger partial charge in [0.25, 0.3) is 0 Å². The minimum atomic E-state index is 0.260. The van der Waals surface area contributed by atoms with E-state index < -0.39 is 0 Å². The molecule has 0 unspecified atom stereocenters. The summed E-state index contributed by atoms with van der Waals surface area (Å²) < 4.78 is 4.15. The number of hydrogen-bond donors (Lipinski definition) is 0. The number of aryl methyl sites for hydroxylation is 1. The summed E-state index contributed by atoms with van der Waals surface area (Å²) in [7, 11) is 2.07. The van der Waals surface area contributed by atoms with E-state index in [4.69, 9.17) is 10.2 Å². The van der Waals surface area contributed by atoms with Gasteiger partial charge in [-0.1, -0.05) is 0 Å². The van der Waals surface area contributed by atoms with E-state index in [-0.39, 0.29) is 6.03 Å². The fourth-order valence-corrected chi connectivity index (χ4v) is 7.08. The van der Waals surface area contributed by atoms with Gasteiger partial charge in [-0.3, -0.25) is 9.58 Å². The first-order valence-corrected chi connectivity index (χ1v) is 13.2. The standard InChI is InChI=1S/C25H34N8O/c1-29-19(6-21(27-29)17-2-3-17)9-30-10-25(11-30)14-32(15-25)23(34)31-12-24(13-31)7-20(8-24)33-16-26-22(28-33)18-4-5-18/h6,16-18,20H,2-5,7-15H2,1H3. The zero-order chi connectivity index (χ0) is 22.7. The van der Waals surface area contributed by atoms with E-state index >= 15 is 0 Å². The molecular weight excluding hydrogens is 428 g/mol. The first-order valence-electron chi connectivity index (χ1n) is 13.2. The van der Waals surface area contributed by atoms with Gasteiger partial charge in [-0.05, 0) is 44.6 Å². The van der Waals surface area contributed by atoms with Crippen molar-refractivity contribution in [3.8, 4) is 0 Å². The van der Waals surface area contributed by atoms with E-state index in [1.165, 1.54) is 37.1 Å². The Hall–Kier alpha value is -2.42. The molecule has 2 aromatic heterocycles. The zero-order valence-electron chi connectivity index (χ0n) is 20.1. The van der Waals surface area contributed by atoms with Crippen LogP contribution in [0.3, 0.4) is 0 Å². The number of carbonyl (C=O) groups excluding carboxylic acids is 1. The van der Waals surface area contributed by atoms with Crippen molar-refractivity contribution in [2.45, 2.75) is 62.9 Å². The predicted octanol–water partition coefficient (Wildman–Crippen LogP) is 2.34. The highest BCUT2D eigenvalue weighted by Crippen LogP contribution is 2.54. The van der Waals surface area contributed by atoms with Crippen LogP contribution in [0.15, 0.2) is 12.4 Å². The minimum absolute atomic E-state index is 0.260. The second-order valence-corrected chi connectivity index (χ2v) is 12.5. The van der Waals surface area contributed by atoms with E-state index in [2.05, 4.69) is 42.2 Å². The van der Waals surface area contributed by atoms with Crippen LogP contribution in [-0.2, 0) is 13.6 Å². The molecule has 5 heterocycles. The van der Waals surface area contributed by atoms with Crippen molar-refractivity contribution in [3.05, 3.63) is 29.6 Å². The van der Waals surface area contributed by atoms with Gasteiger partial charge in [0, 0.05) is 75.5 Å². The van der Waals surface area contributed by atoms with E-state index in [1.54, 1.807) is 0 Å². The normalized spacial score (nSPS) is 27.4. The van der Waals surface area contributed by atoms with E-state index in [9.17, 15) is 4.79 Å². The fraction of sp³-hybridized carbons (Fsp3) is 0.760. The van der Waals surface area contributed by atoms with Crippen LogP contribution >= 0.6 is 0 Å². The predicted molar refractivity (Wildman–Crippen MR) is 124 cm³/mol. The largest absolute Gasteiger partial charge is 0.323 e. The maximum absolute atomic E-state index is 13.0. The quantitative estimate of drug-likeness (QED) is 0.682. The molecule has 0 bridgehead atoms. The average molecular weight is 463 g/mol. The molecule has 6 fully saturated rings. The maximum Gasteiger partial charge on any atom is 0.320 e. The molecule has 3 saturated heterocycles. The Morgan fingerprint density at radius 2 is 1.62 bits per heavy atom. The van der Waals surface area contributed by atoms with Gasteiger partial charge in [0.15, 0.2) is 5.82 Å². The van der Waals surface area contributed by atoms with Crippen LogP contribution in [0.25, 0.3) is 0 Å². The highest BCUT2D eigenvalue weighted by atomic mass is 16.2. The first-order chi connectivity index (χ1) is 16.5. The van der Waals surface area contributed by atoms with Gasteiger partial charge in [0.1, 0.15) is 6.33 Å². The molecule has 3 aliphatic heterocycles. The Bertz CT molecular complexity index is 1130. The maximum atomic E-state index is 13.0. The third-order valence-corrected chi connectivity index (χ3v) is 9.32. The molecular formula is C25H34N8O. The minimum Gasteiger partial charge on any atom is -0.323 e. The molecule has 0 atom stereocenters. The third-order valence-electron chi connectivity index (χ3n) is 9.32. The Labute approximate surface area is 200 Å². The summed E-state index contributed by atoms with van der Waals surface area (Å²) in [5.41, 5.74) is 3.28. The lowest BCUT2D eigenvalue weighted by Gasteiger charge is -2.63. The van der Waals surface area contributed by atoms with E-state index in [0.717, 1.165) is 64.5 Å². The molecule has 0 radical (unpaired) electrons. The Kier molecular flexibility index (Phi) is 3.86. The second kappa shape index (κ2) is 6.62. The SMILES string of the molecule is Cn1nc(C2CC2)cc1CN1CC2(C1)CN(C(=O)N1CC3(CC(n4cnc(C5CC5)n4)C3)C1)C2. The summed E-state index contributed by atoms with van der Waals surface area (Å²) in [6, 6.07) is 3.04. The Morgan fingerprint density at radius 3 is 2.29 bits per heavy atom. The molecule has 34 heavy (non-hydrogen) atoms. The van der Waals surface area contributed by atoms with Crippen LogP contribution in [0.2, 0.25) is 0 Å². The summed E-state index contributed by atoms with van der Waals surface area (Å²) in [4.78, 5) is 24.2. The highest BCUT2D eigenvalue weighted by molar-refractivity contribution is 5.77. The molecule has 0 aromatic carbocycles. The van der Waals surface area contributed by atoms with Gasteiger partial charge in [0.2, 0.25) is 0 Å². The number of carbonyl (C=O) groups is 1. The third kappa shape index (κ3) is 3.08. The smallest absolute Gasteiger partial charge is 0.320 e. The second-order valence-electron chi connectivity index (χ2n) is 12.5. The van der Waals surface area contributed by atoms with Gasteiger partial charge < -0.3 is 9.80 Å². The Morgan fingerprint density at radius 1 is 0.941 bits per heavy atom. The van der Waals surface area contributed by atoms with Gasteiger partial charge in [-0.15, -0.1) is 0 Å². The molecule has 9 nitrogen and oxygen atoms in total. The van der Waals surface area contributed by atoms with Gasteiger partial charge in [-0.25, -0.2) is 14.5 Å². The number of amides is 2. The van der Waals surface area contributed by atoms with Crippen LogP contribution in [-0.4, -0.2) is 84.5 Å². The molecule has 9 heteroatoms. The lowest BCUT2D eigenvalue weighted by Crippen LogP contribution is -2.75. The summed E-state index contributed by atoms with van der Waals surface area (Å²) in [5, 5.41) is 9.42. The van der Waals surface area contributed by atoms with Crippen molar-refractivity contribution in [1.29, 1.82) is 0 Å². The molecule has 0 N–H and O–H groups in total. The van der Waals surface area contributed by atoms with Gasteiger partial charge in [-0.2, -0.15) is 10.2 Å². The number of rotatable bonds is 5. The molecule has 2 aromatic rings. The van der Waals surface area contributed by atoms with Crippen molar-refractivity contribution in [3.63, 3.8) is 0 Å². The molecule has 2 spiro atoms. The van der Waals surface area contributed by atoms with Crippen molar-refractivity contribution in [2.24, 2.45) is 17.9 Å². The highest BCUT2D eigenvalue weighted by Gasteiger charge is 2.58. The number of nitrogens with zero attached hydrogens (tertiary/aromatic N) is 8. The molecule has 3 saturated carbocycles. The first kappa shape index (κ1) is 19.8. The molecule has 6 aliphatic rings. The topological polar surface area (TPSA) is 75.3 Å². The fourth-order valence-electron chi connectivity index (χ4n) is 7.08. The van der Waals surface area contributed by atoms with Crippen LogP contribution in [0.4, 0.5) is 4.79 Å². The summed E-state index contributed by atoms with van der Waals surface area (Å²) >= 11 is 0. The summed E-state index contributed by atoms with van der Waals surface area (Å²) in [5.74, 6) is 2.36. The van der Waals surface area contributed by atoms with Crippen LogP contribution in [0, 0.1) is 10.8 Å². The molecule has 2 amide bonds. The van der Waals surface area contributed by atoms with Crippen molar-refractivity contribution < 1.29 is 4.79 Å². The van der Waals surface area contributed by atoms with Crippen LogP contribution < -0.4 is 0 Å². The lowest BCUT2D eigenvalue weighted by atomic mass is 9.60. The summed E-state index contributed by atoms with van der Waals surface area (Å²) in [6.45, 7) is 6.89. The molecule has 8 rings (SSSR count). The van der Waals surface area contributed by atoms with Crippen molar-refractivity contribution in [2.75, 3.05) is 39.3 Å². The number of aromatic nitrogens is 5. The zero-order valence-corrected chi connectivity index (χ0v) is 20.1. The summed E-state index contributed by atoms with van der Waals surface area (Å²) in [6.07, 6.45) is 9.30. The van der Waals surface area contributed by atoms with E-state index in [1.807, 2.05) is 6.33 Å². The monoisotopic (exact) mass is 462 g/mol. The van der Waals surface area contributed by atoms with E-state index in [0.29, 0.717) is 28.7 Å². The van der Waals surface area contributed by atoms with Crippen molar-refractivity contribution in [1.82, 2.24) is 39.2 Å². The molecule has 3 aliphatic carbocycles. The van der Waals surface area contributed by atoms with Crippen molar-refractivity contribution >= 4 is 6.03 Å². The number of hydrogen-bond acceptors (Lipinski definition) is 5. The average Bonchev–Trinajstić information content (AvgIpc) is 3.63. The van der Waals surface area contributed by atoms with Gasteiger partial charge in [0.05, 0.1) is 17.4 Å². The van der Waals surface area contributed by atoms with Crippen LogP contribution in [0.1, 0.15) is 73.6 Å². The Balaban J connectivity index is 0.790.